The summed E-state index contributed by atoms with van der Waals surface area (Å²) in [4.78, 5) is 0. The minimum atomic E-state index is -2.54. The predicted octanol–water partition coefficient (Wildman–Crippen LogP) is 5.15. The molecule has 0 aliphatic carbocycles. The molecule has 2 rings (SSSR count). The Balaban J connectivity index is 2.55. The van der Waals surface area contributed by atoms with E-state index in [0.717, 1.165) is 12.8 Å². The Morgan fingerprint density at radius 1 is 0.923 bits per heavy atom. The zero-order valence-corrected chi connectivity index (χ0v) is 17.7. The molecule has 1 nitrogen and oxygen atoms in total. The van der Waals surface area contributed by atoms with E-state index in [1.54, 1.807) is 0 Å². The summed E-state index contributed by atoms with van der Waals surface area (Å²) in [6.07, 6.45) is 10.2. The van der Waals surface area contributed by atoms with E-state index in [1.165, 1.54) is 23.2 Å². The molecular weight excluding hydrogens is 332 g/mol. The van der Waals surface area contributed by atoms with Crippen LogP contribution in [0.5, 0.6) is 0 Å². The SMILES string of the molecule is C#C[C@H](CCCCC)O[Si](c1ccccc1)(c1ccccc1)C(C)(C)C. The molecule has 0 saturated carbocycles. The lowest BCUT2D eigenvalue weighted by molar-refractivity contribution is 0.227. The highest BCUT2D eigenvalue weighted by atomic mass is 28.4. The van der Waals surface area contributed by atoms with E-state index in [0.29, 0.717) is 0 Å². The van der Waals surface area contributed by atoms with Gasteiger partial charge in [0.1, 0.15) is 6.10 Å². The van der Waals surface area contributed by atoms with Crippen LogP contribution in [-0.4, -0.2) is 14.4 Å². The van der Waals surface area contributed by atoms with Crippen LogP contribution in [0.1, 0.15) is 53.4 Å². The van der Waals surface area contributed by atoms with Crippen molar-refractivity contribution in [2.24, 2.45) is 0 Å². The summed E-state index contributed by atoms with van der Waals surface area (Å²) in [6, 6.07) is 21.4. The van der Waals surface area contributed by atoms with Gasteiger partial charge in [0.2, 0.25) is 0 Å². The van der Waals surface area contributed by atoms with Gasteiger partial charge in [0, 0.05) is 0 Å². The Hall–Kier alpha value is -1.82. The lowest BCUT2D eigenvalue weighted by Gasteiger charge is -2.44. The fourth-order valence-corrected chi connectivity index (χ4v) is 8.29. The number of hydrogen-bond donors (Lipinski definition) is 0. The molecule has 0 bridgehead atoms. The number of terminal acetylenes is 1. The van der Waals surface area contributed by atoms with Gasteiger partial charge in [0.05, 0.1) is 0 Å². The van der Waals surface area contributed by atoms with Crippen molar-refractivity contribution >= 4 is 18.7 Å². The van der Waals surface area contributed by atoms with Crippen molar-refractivity contribution in [1.82, 2.24) is 0 Å². The third-order valence-corrected chi connectivity index (χ3v) is 10.0. The maximum atomic E-state index is 6.97. The van der Waals surface area contributed by atoms with E-state index in [1.807, 2.05) is 0 Å². The molecule has 0 amide bonds. The van der Waals surface area contributed by atoms with Crippen molar-refractivity contribution in [3.8, 4) is 12.3 Å². The van der Waals surface area contributed by atoms with Crippen LogP contribution >= 0.6 is 0 Å². The zero-order chi connectivity index (χ0) is 19.0. The van der Waals surface area contributed by atoms with Crippen LogP contribution in [0, 0.1) is 12.3 Å². The van der Waals surface area contributed by atoms with Crippen molar-refractivity contribution in [2.75, 3.05) is 0 Å². The van der Waals surface area contributed by atoms with E-state index in [9.17, 15) is 0 Å². The first kappa shape index (κ1) is 20.5. The molecule has 0 heterocycles. The average Bonchev–Trinajstić information content (AvgIpc) is 2.65. The summed E-state index contributed by atoms with van der Waals surface area (Å²) in [5, 5.41) is 2.54. The second-order valence-electron chi connectivity index (χ2n) is 7.93. The van der Waals surface area contributed by atoms with Crippen molar-refractivity contribution < 1.29 is 4.43 Å². The quantitative estimate of drug-likeness (QED) is 0.358. The van der Waals surface area contributed by atoms with E-state index < -0.39 is 8.32 Å². The molecular formula is C24H32OSi. The summed E-state index contributed by atoms with van der Waals surface area (Å²) >= 11 is 0. The first-order chi connectivity index (χ1) is 12.5. The molecule has 0 aliphatic rings. The lowest BCUT2D eigenvalue weighted by atomic mass is 10.1. The van der Waals surface area contributed by atoms with Gasteiger partial charge in [-0.2, -0.15) is 0 Å². The smallest absolute Gasteiger partial charge is 0.262 e. The molecule has 1 atom stereocenters. The van der Waals surface area contributed by atoms with E-state index in [-0.39, 0.29) is 11.1 Å². The minimum Gasteiger partial charge on any atom is -0.394 e. The number of hydrogen-bond acceptors (Lipinski definition) is 1. The predicted molar refractivity (Wildman–Crippen MR) is 115 cm³/mol. The summed E-state index contributed by atoms with van der Waals surface area (Å²) in [5.41, 5.74) is 0. The zero-order valence-electron chi connectivity index (χ0n) is 16.7. The normalized spacial score (nSPS) is 13.2. The minimum absolute atomic E-state index is 0.0322. The monoisotopic (exact) mass is 364 g/mol. The summed E-state index contributed by atoms with van der Waals surface area (Å²) in [6.45, 7) is 9.09. The van der Waals surface area contributed by atoms with Crippen LogP contribution in [0.15, 0.2) is 60.7 Å². The molecule has 0 N–H and O–H groups in total. The molecule has 0 aromatic heterocycles. The van der Waals surface area contributed by atoms with Crippen molar-refractivity contribution in [3.05, 3.63) is 60.7 Å². The van der Waals surface area contributed by atoms with Gasteiger partial charge >= 0.3 is 0 Å². The average molecular weight is 365 g/mol. The molecule has 0 unspecified atom stereocenters. The molecule has 2 aromatic rings. The number of unbranched alkanes of at least 4 members (excludes halogenated alkanes) is 2. The Bertz CT molecular complexity index is 655. The summed E-state index contributed by atoms with van der Waals surface area (Å²) in [5.74, 6) is 2.94. The molecule has 0 radical (unpaired) electrons. The van der Waals surface area contributed by atoms with Crippen LogP contribution in [0.25, 0.3) is 0 Å². The first-order valence-corrected chi connectivity index (χ1v) is 11.6. The summed E-state index contributed by atoms with van der Waals surface area (Å²) < 4.78 is 6.97. The van der Waals surface area contributed by atoms with Gasteiger partial charge in [-0.05, 0) is 28.3 Å². The maximum absolute atomic E-state index is 6.97. The van der Waals surface area contributed by atoms with Gasteiger partial charge in [-0.25, -0.2) is 0 Å². The summed E-state index contributed by atoms with van der Waals surface area (Å²) in [7, 11) is -2.54. The van der Waals surface area contributed by atoms with Gasteiger partial charge in [-0.3, -0.25) is 0 Å². The molecule has 0 saturated heterocycles. The van der Waals surface area contributed by atoms with Gasteiger partial charge in [-0.15, -0.1) is 6.42 Å². The second-order valence-corrected chi connectivity index (χ2v) is 12.2. The Morgan fingerprint density at radius 3 is 1.81 bits per heavy atom. The fraction of sp³-hybridized carbons (Fsp3) is 0.417. The van der Waals surface area contributed by atoms with Crippen LogP contribution in [-0.2, 0) is 4.43 Å². The topological polar surface area (TPSA) is 9.23 Å². The van der Waals surface area contributed by atoms with E-state index >= 15 is 0 Å². The van der Waals surface area contributed by atoms with E-state index in [4.69, 9.17) is 10.8 Å². The van der Waals surface area contributed by atoms with Crippen LogP contribution in [0.4, 0.5) is 0 Å². The van der Waals surface area contributed by atoms with Crippen LogP contribution in [0.3, 0.4) is 0 Å². The van der Waals surface area contributed by atoms with Crippen molar-refractivity contribution in [1.29, 1.82) is 0 Å². The third kappa shape index (κ3) is 4.47. The maximum Gasteiger partial charge on any atom is 0.262 e. The second kappa shape index (κ2) is 9.21. The highest BCUT2D eigenvalue weighted by Crippen LogP contribution is 2.37. The lowest BCUT2D eigenvalue weighted by Crippen LogP contribution is -2.67. The Labute approximate surface area is 160 Å². The van der Waals surface area contributed by atoms with Crippen LogP contribution in [0.2, 0.25) is 5.04 Å². The first-order valence-electron chi connectivity index (χ1n) is 9.70. The molecule has 2 heteroatoms. The number of benzene rings is 2. The molecule has 26 heavy (non-hydrogen) atoms. The molecule has 0 spiro atoms. The highest BCUT2D eigenvalue weighted by molar-refractivity contribution is 6.99. The Kier molecular flexibility index (Phi) is 7.26. The standard InChI is InChI=1S/C24H32OSi/c1-6-8-11-16-21(7-2)25-26(24(3,4)5,22-17-12-9-13-18-22)23-19-14-10-15-20-23/h2,9-10,12-15,17-21H,6,8,11,16H2,1,3-5H3/t21-/m1/s1. The highest BCUT2D eigenvalue weighted by Gasteiger charge is 2.51. The Morgan fingerprint density at radius 2 is 1.42 bits per heavy atom. The van der Waals surface area contributed by atoms with Gasteiger partial charge in [0.15, 0.2) is 0 Å². The van der Waals surface area contributed by atoms with Gasteiger partial charge in [0.25, 0.3) is 8.32 Å². The van der Waals surface area contributed by atoms with Gasteiger partial charge in [-0.1, -0.05) is 107 Å². The van der Waals surface area contributed by atoms with E-state index in [2.05, 4.69) is 94.3 Å². The molecule has 0 aliphatic heterocycles. The molecule has 0 fully saturated rings. The van der Waals surface area contributed by atoms with Crippen LogP contribution < -0.4 is 10.4 Å². The fourth-order valence-electron chi connectivity index (χ4n) is 3.66. The largest absolute Gasteiger partial charge is 0.394 e. The third-order valence-electron chi connectivity index (χ3n) is 4.99. The van der Waals surface area contributed by atoms with Gasteiger partial charge < -0.3 is 4.43 Å². The number of rotatable bonds is 8. The van der Waals surface area contributed by atoms with Crippen molar-refractivity contribution in [2.45, 2.75) is 64.5 Å². The molecule has 138 valence electrons. The van der Waals surface area contributed by atoms with Crippen molar-refractivity contribution in [3.63, 3.8) is 0 Å². The molecule has 2 aromatic carbocycles.